The molecule has 0 spiro atoms. The first-order valence-corrected chi connectivity index (χ1v) is 7.09. The maximum atomic E-state index is 12.2. The molecular weight excluding hydrogens is 287 g/mol. The van der Waals surface area contributed by atoms with Crippen LogP contribution in [-0.2, 0) is 6.42 Å². The van der Waals surface area contributed by atoms with Crippen molar-refractivity contribution in [1.82, 2.24) is 0 Å². The van der Waals surface area contributed by atoms with E-state index in [-0.39, 0.29) is 5.78 Å². The average molecular weight is 299 g/mol. The molecule has 0 radical (unpaired) electrons. The van der Waals surface area contributed by atoms with Crippen LogP contribution in [0.4, 0.5) is 0 Å². The van der Waals surface area contributed by atoms with Gasteiger partial charge in [0.15, 0.2) is 5.78 Å². The minimum Gasteiger partial charge on any atom is -0.294 e. The molecule has 2 aromatic rings. The predicted molar refractivity (Wildman–Crippen MR) is 78.3 cm³/mol. The zero-order chi connectivity index (χ0) is 13.3. The van der Waals surface area contributed by atoms with Gasteiger partial charge in [-0.3, -0.25) is 4.79 Å². The Morgan fingerprint density at radius 2 is 1.89 bits per heavy atom. The van der Waals surface area contributed by atoms with Crippen LogP contribution in [0.5, 0.6) is 0 Å². The molecule has 1 nitrogen and oxygen atoms in total. The number of halogens is 2. The monoisotopic (exact) mass is 298 g/mol. The summed E-state index contributed by atoms with van der Waals surface area (Å²) in [5.74, 6) is 0.121. The van der Waals surface area contributed by atoms with Crippen molar-refractivity contribution in [1.29, 1.82) is 0 Å². The Kier molecular flexibility index (Phi) is 4.10. The number of thiophene rings is 1. The third-order valence-electron chi connectivity index (χ3n) is 2.69. The Hall–Kier alpha value is -0.830. The molecule has 0 unspecified atom stereocenters. The quantitative estimate of drug-likeness (QED) is 0.721. The lowest BCUT2D eigenvalue weighted by Crippen LogP contribution is -2.03. The van der Waals surface area contributed by atoms with Gasteiger partial charge < -0.3 is 0 Å². The van der Waals surface area contributed by atoms with Gasteiger partial charge in [-0.25, -0.2) is 0 Å². The molecule has 1 heterocycles. The molecule has 94 valence electrons. The van der Waals surface area contributed by atoms with E-state index in [1.54, 1.807) is 23.5 Å². The number of rotatable bonds is 3. The Morgan fingerprint density at radius 1 is 1.17 bits per heavy atom. The third-order valence-corrected chi connectivity index (χ3v) is 4.40. The van der Waals surface area contributed by atoms with E-state index < -0.39 is 0 Å². The fourth-order valence-electron chi connectivity index (χ4n) is 1.84. The van der Waals surface area contributed by atoms with E-state index in [2.05, 4.69) is 0 Å². The Labute approximate surface area is 120 Å². The van der Waals surface area contributed by atoms with Gasteiger partial charge in [0, 0.05) is 21.7 Å². The topological polar surface area (TPSA) is 17.1 Å². The minimum absolute atomic E-state index is 0.121. The molecule has 1 aromatic heterocycles. The summed E-state index contributed by atoms with van der Waals surface area (Å²) in [5, 5.41) is 0.996. The number of carbonyl (C=O) groups is 1. The molecular formula is C14H12Cl2OS. The van der Waals surface area contributed by atoms with Crippen LogP contribution in [0, 0.1) is 13.8 Å². The molecule has 0 aliphatic rings. The van der Waals surface area contributed by atoms with E-state index in [4.69, 9.17) is 23.2 Å². The molecule has 0 aliphatic carbocycles. The zero-order valence-corrected chi connectivity index (χ0v) is 12.4. The van der Waals surface area contributed by atoms with Crippen molar-refractivity contribution in [2.45, 2.75) is 20.3 Å². The summed E-state index contributed by atoms with van der Waals surface area (Å²) >= 11 is 13.4. The fraction of sp³-hybridized carbons (Fsp3) is 0.214. The van der Waals surface area contributed by atoms with E-state index in [9.17, 15) is 4.79 Å². The lowest BCUT2D eigenvalue weighted by molar-refractivity contribution is 0.0993. The summed E-state index contributed by atoms with van der Waals surface area (Å²) in [6, 6.07) is 7.25. The molecule has 18 heavy (non-hydrogen) atoms. The van der Waals surface area contributed by atoms with Crippen LogP contribution in [-0.4, -0.2) is 5.78 Å². The molecule has 0 aliphatic heterocycles. The maximum absolute atomic E-state index is 12.2. The molecule has 0 N–H and O–H groups in total. The number of ketones is 1. The first kappa shape index (κ1) is 13.6. The van der Waals surface area contributed by atoms with Gasteiger partial charge in [-0.1, -0.05) is 29.3 Å². The van der Waals surface area contributed by atoms with Crippen molar-refractivity contribution < 1.29 is 4.79 Å². The molecule has 2 rings (SSSR count). The lowest BCUT2D eigenvalue weighted by atomic mass is 10.0. The molecule has 0 atom stereocenters. The largest absolute Gasteiger partial charge is 0.294 e. The highest BCUT2D eigenvalue weighted by molar-refractivity contribution is 7.12. The van der Waals surface area contributed by atoms with E-state index >= 15 is 0 Å². The van der Waals surface area contributed by atoms with Crippen molar-refractivity contribution in [2.75, 3.05) is 0 Å². The van der Waals surface area contributed by atoms with Crippen LogP contribution >= 0.6 is 34.5 Å². The van der Waals surface area contributed by atoms with E-state index in [1.807, 2.05) is 26.0 Å². The van der Waals surface area contributed by atoms with E-state index in [0.29, 0.717) is 16.5 Å². The first-order chi connectivity index (χ1) is 8.47. The van der Waals surface area contributed by atoms with Crippen molar-refractivity contribution in [3.05, 3.63) is 55.2 Å². The molecule has 1 aromatic carbocycles. The van der Waals surface area contributed by atoms with Crippen LogP contribution in [0.1, 0.15) is 25.7 Å². The number of benzene rings is 1. The van der Waals surface area contributed by atoms with Gasteiger partial charge in [-0.05, 0) is 37.6 Å². The molecule has 0 saturated heterocycles. The summed E-state index contributed by atoms with van der Waals surface area (Å²) in [7, 11) is 0. The van der Waals surface area contributed by atoms with Gasteiger partial charge in [-0.15, -0.1) is 11.3 Å². The summed E-state index contributed by atoms with van der Waals surface area (Å²) in [4.78, 5) is 14.4. The van der Waals surface area contributed by atoms with Crippen LogP contribution in [0.15, 0.2) is 24.3 Å². The summed E-state index contributed by atoms with van der Waals surface area (Å²) in [6.07, 6.45) is 0.355. The van der Waals surface area contributed by atoms with Gasteiger partial charge in [0.25, 0.3) is 0 Å². The van der Waals surface area contributed by atoms with Crippen molar-refractivity contribution in [2.24, 2.45) is 0 Å². The van der Waals surface area contributed by atoms with Crippen LogP contribution in [0.3, 0.4) is 0 Å². The third kappa shape index (κ3) is 2.94. The molecule has 0 bridgehead atoms. The Balaban J connectivity index is 2.21. The van der Waals surface area contributed by atoms with Gasteiger partial charge in [-0.2, -0.15) is 0 Å². The number of Topliss-reactive ketones (excluding diaryl/α,β-unsaturated/α-hetero) is 1. The summed E-state index contributed by atoms with van der Waals surface area (Å²) < 4.78 is 0. The lowest BCUT2D eigenvalue weighted by Gasteiger charge is -2.03. The van der Waals surface area contributed by atoms with E-state index in [1.165, 1.54) is 0 Å². The second-order valence-corrected chi connectivity index (χ2v) is 6.45. The predicted octanol–water partition coefficient (Wildman–Crippen LogP) is 5.10. The molecule has 0 amide bonds. The van der Waals surface area contributed by atoms with Crippen molar-refractivity contribution in [3.8, 4) is 0 Å². The molecule has 0 fully saturated rings. The van der Waals surface area contributed by atoms with Gasteiger partial charge in [0.2, 0.25) is 0 Å². The summed E-state index contributed by atoms with van der Waals surface area (Å²) in [6.45, 7) is 3.98. The fourth-order valence-corrected chi connectivity index (χ4v) is 3.10. The van der Waals surface area contributed by atoms with Crippen LogP contribution < -0.4 is 0 Å². The number of hydrogen-bond acceptors (Lipinski definition) is 2. The van der Waals surface area contributed by atoms with E-state index in [0.717, 1.165) is 20.9 Å². The van der Waals surface area contributed by atoms with Crippen LogP contribution in [0.25, 0.3) is 0 Å². The number of hydrogen-bond donors (Lipinski definition) is 0. The Bertz CT molecular complexity index is 602. The molecule has 0 saturated carbocycles. The maximum Gasteiger partial charge on any atom is 0.168 e. The van der Waals surface area contributed by atoms with Gasteiger partial charge in [0.1, 0.15) is 0 Å². The highest BCUT2D eigenvalue weighted by atomic mass is 35.5. The highest BCUT2D eigenvalue weighted by Crippen LogP contribution is 2.25. The van der Waals surface area contributed by atoms with Crippen molar-refractivity contribution >= 4 is 40.3 Å². The highest BCUT2D eigenvalue weighted by Gasteiger charge is 2.13. The second-order valence-electron chi connectivity index (χ2n) is 4.18. The van der Waals surface area contributed by atoms with Gasteiger partial charge >= 0.3 is 0 Å². The Morgan fingerprint density at radius 3 is 2.44 bits per heavy atom. The first-order valence-electron chi connectivity index (χ1n) is 5.51. The number of aryl methyl sites for hydroxylation is 2. The zero-order valence-electron chi connectivity index (χ0n) is 10.1. The second kappa shape index (κ2) is 5.43. The normalized spacial score (nSPS) is 10.7. The number of carbonyl (C=O) groups excluding carboxylic acids is 1. The molecule has 4 heteroatoms. The summed E-state index contributed by atoms with van der Waals surface area (Å²) in [5.41, 5.74) is 1.70. The SMILES string of the molecule is Cc1cc(C(=O)Cc2ccc(Cl)c(Cl)c2)c(C)s1. The van der Waals surface area contributed by atoms with Gasteiger partial charge in [0.05, 0.1) is 10.0 Å². The van der Waals surface area contributed by atoms with Crippen LogP contribution in [0.2, 0.25) is 10.0 Å². The average Bonchev–Trinajstić information content (AvgIpc) is 2.63. The minimum atomic E-state index is 0.121. The van der Waals surface area contributed by atoms with Crippen molar-refractivity contribution in [3.63, 3.8) is 0 Å². The standard InChI is InChI=1S/C14H12Cl2OS/c1-8-5-11(9(2)18-8)14(17)7-10-3-4-12(15)13(16)6-10/h3-6H,7H2,1-2H3. The smallest absolute Gasteiger partial charge is 0.168 e.